The van der Waals surface area contributed by atoms with E-state index in [9.17, 15) is 14.7 Å². The topological polar surface area (TPSA) is 79.5 Å². The lowest BCUT2D eigenvalue weighted by Gasteiger charge is -2.18. The fourth-order valence-electron chi connectivity index (χ4n) is 1.14. The number of aliphatic hydroxyl groups is 1. The molecule has 82 valence electrons. The summed E-state index contributed by atoms with van der Waals surface area (Å²) in [5.74, 6) is -1.35. The van der Waals surface area contributed by atoms with Gasteiger partial charge in [0.05, 0.1) is 6.54 Å². The quantitative estimate of drug-likeness (QED) is 0.737. The summed E-state index contributed by atoms with van der Waals surface area (Å²) < 4.78 is 1.17. The Balaban J connectivity index is 3.00. The highest BCUT2D eigenvalue weighted by Crippen LogP contribution is 2.06. The Hall–Kier alpha value is -1.62. The van der Waals surface area contributed by atoms with Crippen LogP contribution in [0.25, 0.3) is 0 Å². The van der Waals surface area contributed by atoms with Crippen LogP contribution in [-0.4, -0.2) is 26.4 Å². The molecule has 0 amide bonds. The number of pyridine rings is 1. The molecule has 5 nitrogen and oxygen atoms in total. The first kappa shape index (κ1) is 11.5. The highest BCUT2D eigenvalue weighted by Gasteiger charge is 2.30. The molecule has 1 aromatic rings. The normalized spacial score (nSPS) is 14.6. The molecule has 1 aromatic heterocycles. The standard InChI is InChI=1S/C10H13NO4/c1-7-3-4-11(8(12)5-7)6-10(2,15)9(13)14/h3-5,15H,6H2,1-2H3,(H,13,14)/t10-/m0/s1. The molecule has 1 rings (SSSR count). The van der Waals surface area contributed by atoms with Crippen molar-refractivity contribution in [2.24, 2.45) is 0 Å². The SMILES string of the molecule is Cc1ccn(C[C@](C)(O)C(=O)O)c(=O)c1. The number of hydrogen-bond donors (Lipinski definition) is 2. The number of aromatic nitrogens is 1. The summed E-state index contributed by atoms with van der Waals surface area (Å²) in [6.07, 6.45) is 1.47. The second kappa shape index (κ2) is 3.86. The molecule has 0 saturated carbocycles. The fourth-order valence-corrected chi connectivity index (χ4v) is 1.14. The maximum Gasteiger partial charge on any atom is 0.337 e. The minimum Gasteiger partial charge on any atom is -0.479 e. The fraction of sp³-hybridized carbons (Fsp3) is 0.400. The van der Waals surface area contributed by atoms with Gasteiger partial charge in [0.25, 0.3) is 5.56 Å². The van der Waals surface area contributed by atoms with E-state index in [-0.39, 0.29) is 12.1 Å². The van der Waals surface area contributed by atoms with Gasteiger partial charge < -0.3 is 14.8 Å². The van der Waals surface area contributed by atoms with E-state index in [1.807, 2.05) is 0 Å². The second-order valence-electron chi connectivity index (χ2n) is 3.75. The van der Waals surface area contributed by atoms with Crippen LogP contribution in [0.15, 0.2) is 23.1 Å². The Morgan fingerprint density at radius 1 is 1.60 bits per heavy atom. The lowest BCUT2D eigenvalue weighted by molar-refractivity contribution is -0.157. The van der Waals surface area contributed by atoms with Crippen molar-refractivity contribution in [2.45, 2.75) is 26.0 Å². The first-order valence-electron chi connectivity index (χ1n) is 4.46. The minimum atomic E-state index is -1.93. The van der Waals surface area contributed by atoms with Gasteiger partial charge in [-0.2, -0.15) is 0 Å². The summed E-state index contributed by atoms with van der Waals surface area (Å²) >= 11 is 0. The molecule has 0 aliphatic heterocycles. The highest BCUT2D eigenvalue weighted by atomic mass is 16.4. The molecule has 1 heterocycles. The molecule has 15 heavy (non-hydrogen) atoms. The van der Waals surface area contributed by atoms with Crippen molar-refractivity contribution in [1.29, 1.82) is 0 Å². The van der Waals surface area contributed by atoms with Crippen molar-refractivity contribution in [1.82, 2.24) is 4.57 Å². The maximum atomic E-state index is 11.4. The summed E-state index contributed by atoms with van der Waals surface area (Å²) in [4.78, 5) is 22.0. The van der Waals surface area contributed by atoms with E-state index < -0.39 is 11.6 Å². The van der Waals surface area contributed by atoms with Crippen LogP contribution in [0.2, 0.25) is 0 Å². The van der Waals surface area contributed by atoms with E-state index in [0.717, 1.165) is 12.5 Å². The van der Waals surface area contributed by atoms with Crippen molar-refractivity contribution in [2.75, 3.05) is 0 Å². The van der Waals surface area contributed by atoms with E-state index >= 15 is 0 Å². The summed E-state index contributed by atoms with van der Waals surface area (Å²) in [7, 11) is 0. The van der Waals surface area contributed by atoms with Crippen LogP contribution in [-0.2, 0) is 11.3 Å². The number of aryl methyl sites for hydroxylation is 1. The largest absolute Gasteiger partial charge is 0.479 e. The molecule has 1 atom stereocenters. The molecule has 0 fully saturated rings. The Morgan fingerprint density at radius 2 is 2.20 bits per heavy atom. The van der Waals surface area contributed by atoms with Crippen LogP contribution < -0.4 is 5.56 Å². The molecule has 0 radical (unpaired) electrons. The van der Waals surface area contributed by atoms with Crippen LogP contribution in [0.3, 0.4) is 0 Å². The van der Waals surface area contributed by atoms with Gasteiger partial charge in [0.1, 0.15) is 0 Å². The molecule has 0 unspecified atom stereocenters. The lowest BCUT2D eigenvalue weighted by Crippen LogP contribution is -2.42. The molecule has 0 aliphatic carbocycles. The van der Waals surface area contributed by atoms with E-state index in [4.69, 9.17) is 5.11 Å². The van der Waals surface area contributed by atoms with Crippen molar-refractivity contribution in [3.05, 3.63) is 34.2 Å². The van der Waals surface area contributed by atoms with Crippen molar-refractivity contribution in [3.8, 4) is 0 Å². The zero-order valence-corrected chi connectivity index (χ0v) is 8.60. The summed E-state index contributed by atoms with van der Waals surface area (Å²) in [5.41, 5.74) is -1.46. The predicted octanol–water partition coefficient (Wildman–Crippen LogP) is -0.00768. The summed E-state index contributed by atoms with van der Waals surface area (Å²) in [6, 6.07) is 3.07. The van der Waals surface area contributed by atoms with Gasteiger partial charge in [0, 0.05) is 12.3 Å². The van der Waals surface area contributed by atoms with Crippen LogP contribution in [0.5, 0.6) is 0 Å². The highest BCUT2D eigenvalue weighted by molar-refractivity contribution is 5.76. The first-order chi connectivity index (χ1) is 6.83. The lowest BCUT2D eigenvalue weighted by atomic mass is 10.1. The second-order valence-corrected chi connectivity index (χ2v) is 3.75. The van der Waals surface area contributed by atoms with E-state index in [1.165, 1.54) is 16.8 Å². The van der Waals surface area contributed by atoms with E-state index in [2.05, 4.69) is 0 Å². The Kier molecular flexibility index (Phi) is 2.95. The van der Waals surface area contributed by atoms with Gasteiger partial charge in [-0.3, -0.25) is 4.79 Å². The van der Waals surface area contributed by atoms with Gasteiger partial charge in [-0.05, 0) is 25.5 Å². The summed E-state index contributed by atoms with van der Waals surface area (Å²) in [6.45, 7) is 2.66. The number of carboxylic acid groups (broad SMARTS) is 1. The molecular formula is C10H13NO4. The predicted molar refractivity (Wildman–Crippen MR) is 53.7 cm³/mol. The van der Waals surface area contributed by atoms with Gasteiger partial charge in [-0.15, -0.1) is 0 Å². The summed E-state index contributed by atoms with van der Waals surface area (Å²) in [5, 5.41) is 18.2. The zero-order chi connectivity index (χ0) is 11.6. The Labute approximate surface area is 86.6 Å². The number of carbonyl (C=O) groups is 1. The van der Waals surface area contributed by atoms with Crippen molar-refractivity contribution >= 4 is 5.97 Å². The first-order valence-corrected chi connectivity index (χ1v) is 4.46. The molecule has 2 N–H and O–H groups in total. The van der Waals surface area contributed by atoms with Crippen molar-refractivity contribution in [3.63, 3.8) is 0 Å². The molecule has 0 saturated heterocycles. The van der Waals surface area contributed by atoms with Crippen LogP contribution in [0.4, 0.5) is 0 Å². The Bertz CT molecular complexity index is 433. The number of rotatable bonds is 3. The third-order valence-corrected chi connectivity index (χ3v) is 2.09. The van der Waals surface area contributed by atoms with Crippen LogP contribution >= 0.6 is 0 Å². The van der Waals surface area contributed by atoms with Gasteiger partial charge in [-0.1, -0.05) is 0 Å². The molecule has 5 heteroatoms. The molecule has 0 bridgehead atoms. The third kappa shape index (κ3) is 2.66. The smallest absolute Gasteiger partial charge is 0.337 e. The van der Waals surface area contributed by atoms with Gasteiger partial charge in [0.15, 0.2) is 5.60 Å². The minimum absolute atomic E-state index is 0.262. The van der Waals surface area contributed by atoms with E-state index in [0.29, 0.717) is 0 Å². The van der Waals surface area contributed by atoms with Crippen molar-refractivity contribution < 1.29 is 15.0 Å². The van der Waals surface area contributed by atoms with E-state index in [1.54, 1.807) is 13.0 Å². The number of hydrogen-bond acceptors (Lipinski definition) is 3. The monoisotopic (exact) mass is 211 g/mol. The third-order valence-electron chi connectivity index (χ3n) is 2.09. The van der Waals surface area contributed by atoms with Gasteiger partial charge in [0.2, 0.25) is 0 Å². The number of aliphatic carboxylic acids is 1. The van der Waals surface area contributed by atoms with Crippen LogP contribution in [0, 0.1) is 6.92 Å². The molecule has 0 aliphatic rings. The number of carboxylic acids is 1. The maximum absolute atomic E-state index is 11.4. The Morgan fingerprint density at radius 3 is 2.67 bits per heavy atom. The number of nitrogens with zero attached hydrogens (tertiary/aromatic N) is 1. The van der Waals surface area contributed by atoms with Crippen LogP contribution in [0.1, 0.15) is 12.5 Å². The average Bonchev–Trinajstić information content (AvgIpc) is 2.09. The zero-order valence-electron chi connectivity index (χ0n) is 8.60. The molecule has 0 aromatic carbocycles. The molecular weight excluding hydrogens is 198 g/mol. The average molecular weight is 211 g/mol. The van der Waals surface area contributed by atoms with Gasteiger partial charge in [-0.25, -0.2) is 4.79 Å². The molecule has 0 spiro atoms. The van der Waals surface area contributed by atoms with Gasteiger partial charge >= 0.3 is 5.97 Å².